The topological polar surface area (TPSA) is 146 Å². The second-order valence-electron chi connectivity index (χ2n) is 11.6. The Hall–Kier alpha value is -4.96. The number of aryl methyl sites for hydroxylation is 1. The number of hydrogen-bond donors (Lipinski definition) is 0. The molecule has 0 aliphatic carbocycles. The highest BCUT2D eigenvalue weighted by Gasteiger charge is 2.22. The Balaban J connectivity index is 1.33. The zero-order chi connectivity index (χ0) is 38.3. The molecule has 0 radical (unpaired) electrons. The number of carbonyl (C=O) groups excluding carboxylic acids is 2. The number of hydrogen-bond acceptors (Lipinski definition) is 13. The van der Waals surface area contributed by atoms with Crippen LogP contribution in [-0.4, -0.2) is 85.1 Å². The van der Waals surface area contributed by atoms with E-state index in [1.54, 1.807) is 13.0 Å². The van der Waals surface area contributed by atoms with E-state index in [0.717, 1.165) is 11.3 Å². The average molecular weight is 746 g/mol. The van der Waals surface area contributed by atoms with Gasteiger partial charge in [-0.25, -0.2) is 4.85 Å². The van der Waals surface area contributed by atoms with Gasteiger partial charge in [0.1, 0.15) is 17.7 Å². The molecule has 0 bridgehead atoms. The summed E-state index contributed by atoms with van der Waals surface area (Å²) in [5.74, 6) is -1.56. The van der Waals surface area contributed by atoms with Crippen molar-refractivity contribution in [2.75, 3.05) is 78.0 Å². The predicted octanol–water partition coefficient (Wildman–Crippen LogP) is 7.57. The van der Waals surface area contributed by atoms with Crippen molar-refractivity contribution in [3.8, 4) is 6.07 Å². The molecular formula is C39H47N5O8S. The summed E-state index contributed by atoms with van der Waals surface area (Å²) in [5, 5.41) is 18.5. The van der Waals surface area contributed by atoms with Crippen LogP contribution in [0.5, 0.6) is 0 Å². The van der Waals surface area contributed by atoms with E-state index in [1.165, 1.54) is 24.0 Å². The summed E-state index contributed by atoms with van der Waals surface area (Å²) in [4.78, 5) is 29.9. The van der Waals surface area contributed by atoms with Gasteiger partial charge < -0.3 is 33.3 Å². The van der Waals surface area contributed by atoms with Gasteiger partial charge in [0.05, 0.1) is 89.4 Å². The molecule has 13 nitrogen and oxygen atoms in total. The molecule has 1 unspecified atom stereocenters. The van der Waals surface area contributed by atoms with Crippen molar-refractivity contribution < 1.29 is 38.0 Å². The van der Waals surface area contributed by atoms with Crippen LogP contribution in [0.4, 0.5) is 22.1 Å². The summed E-state index contributed by atoms with van der Waals surface area (Å²) >= 11 is 1.17. The molecule has 0 saturated carbocycles. The zero-order valence-electron chi connectivity index (χ0n) is 30.6. The SMILES string of the molecule is [C-]#[N+]c1c(N=Nc2ccc(N(CCOCCOCCOCCOCCOC(=O)CC(CC=C)C(=O)OC)Cc3ccccc3)cc2C)sc(C#N)c1C. The largest absolute Gasteiger partial charge is 0.469 e. The molecule has 3 rings (SSSR count). The quantitative estimate of drug-likeness (QED) is 0.0280. The van der Waals surface area contributed by atoms with Crippen molar-refractivity contribution in [3.05, 3.63) is 94.2 Å². The second-order valence-corrected chi connectivity index (χ2v) is 12.6. The van der Waals surface area contributed by atoms with Crippen LogP contribution in [0.1, 0.15) is 34.4 Å². The Bertz CT molecular complexity index is 1720. The van der Waals surface area contributed by atoms with E-state index in [9.17, 15) is 14.9 Å². The standard InChI is InChI=1S/C39H47N5O8S/c1-6-10-32(39(46)47-5)26-36(45)52-24-23-51-22-21-50-20-19-49-18-17-48-16-15-44(28-31-11-8-7-9-12-31)33-13-14-34(29(2)25-33)42-43-38-37(41-4)30(3)35(27-40)53-38/h6-9,11-14,25,32H,1,10,15-24,26,28H2,2-3,5H3. The highest BCUT2D eigenvalue weighted by molar-refractivity contribution is 7.17. The number of ether oxygens (including phenoxy) is 6. The van der Waals surface area contributed by atoms with Crippen molar-refractivity contribution in [3.63, 3.8) is 0 Å². The van der Waals surface area contributed by atoms with E-state index >= 15 is 0 Å². The first-order valence-corrected chi connectivity index (χ1v) is 18.0. The number of nitrogens with zero attached hydrogens (tertiary/aromatic N) is 5. The Morgan fingerprint density at radius 3 is 2.19 bits per heavy atom. The zero-order valence-corrected chi connectivity index (χ0v) is 31.4. The Labute approximate surface area is 315 Å². The first-order valence-electron chi connectivity index (χ1n) is 17.2. The molecule has 3 aromatic rings. The first-order chi connectivity index (χ1) is 25.8. The van der Waals surface area contributed by atoms with Gasteiger partial charge in [-0.1, -0.05) is 36.4 Å². The Kier molecular flexibility index (Phi) is 19.5. The normalized spacial score (nSPS) is 11.5. The highest BCUT2D eigenvalue weighted by Crippen LogP contribution is 2.42. The third kappa shape index (κ3) is 14.9. The molecule has 1 aromatic heterocycles. The molecule has 1 heterocycles. The average Bonchev–Trinajstić information content (AvgIpc) is 3.48. The molecule has 0 aliphatic rings. The lowest BCUT2D eigenvalue weighted by atomic mass is 10.0. The number of allylic oxidation sites excluding steroid dienone is 1. The molecule has 0 saturated heterocycles. The van der Waals surface area contributed by atoms with Crippen LogP contribution >= 0.6 is 11.3 Å². The van der Waals surface area contributed by atoms with Gasteiger partial charge in [0.25, 0.3) is 0 Å². The van der Waals surface area contributed by atoms with Crippen LogP contribution in [0.2, 0.25) is 0 Å². The van der Waals surface area contributed by atoms with Crippen molar-refractivity contribution in [1.29, 1.82) is 5.26 Å². The van der Waals surface area contributed by atoms with E-state index in [2.05, 4.69) is 50.8 Å². The molecule has 282 valence electrons. The lowest BCUT2D eigenvalue weighted by Crippen LogP contribution is -2.27. The molecule has 0 spiro atoms. The number of carbonyl (C=O) groups is 2. The van der Waals surface area contributed by atoms with Gasteiger partial charge in [0.2, 0.25) is 5.69 Å². The van der Waals surface area contributed by atoms with Gasteiger partial charge in [0.15, 0.2) is 0 Å². The summed E-state index contributed by atoms with van der Waals surface area (Å²) in [5.41, 5.74) is 4.80. The maximum absolute atomic E-state index is 11.9. The number of rotatable bonds is 25. The molecule has 0 aliphatic heterocycles. The summed E-state index contributed by atoms with van der Waals surface area (Å²) < 4.78 is 32.3. The minimum atomic E-state index is -0.598. The minimum Gasteiger partial charge on any atom is -0.469 e. The van der Waals surface area contributed by atoms with Gasteiger partial charge in [0, 0.05) is 18.8 Å². The predicted molar refractivity (Wildman–Crippen MR) is 202 cm³/mol. The Morgan fingerprint density at radius 1 is 0.962 bits per heavy atom. The summed E-state index contributed by atoms with van der Waals surface area (Å²) in [7, 11) is 1.28. The maximum Gasteiger partial charge on any atom is 0.309 e. The third-order valence-electron chi connectivity index (χ3n) is 7.83. The number of benzene rings is 2. The van der Waals surface area contributed by atoms with Crippen LogP contribution in [0.15, 0.2) is 71.4 Å². The smallest absolute Gasteiger partial charge is 0.309 e. The highest BCUT2D eigenvalue weighted by atomic mass is 32.1. The van der Waals surface area contributed by atoms with Crippen LogP contribution in [-0.2, 0) is 44.6 Å². The number of azo groups is 1. The number of esters is 2. The molecule has 2 aromatic carbocycles. The van der Waals surface area contributed by atoms with Crippen LogP contribution in [0.25, 0.3) is 4.85 Å². The summed E-state index contributed by atoms with van der Waals surface area (Å²) in [6.45, 7) is 19.4. The van der Waals surface area contributed by atoms with Crippen molar-refractivity contribution in [2.45, 2.75) is 33.2 Å². The van der Waals surface area contributed by atoms with E-state index in [-0.39, 0.29) is 19.6 Å². The number of anilines is 1. The van der Waals surface area contributed by atoms with E-state index in [4.69, 9.17) is 35.0 Å². The molecular weight excluding hydrogens is 699 g/mol. The van der Waals surface area contributed by atoms with Crippen LogP contribution in [0.3, 0.4) is 0 Å². The van der Waals surface area contributed by atoms with Crippen molar-refractivity contribution >= 4 is 45.3 Å². The lowest BCUT2D eigenvalue weighted by molar-refractivity contribution is -0.154. The van der Waals surface area contributed by atoms with Gasteiger partial charge in [-0.2, -0.15) is 15.5 Å². The molecule has 1 atom stereocenters. The van der Waals surface area contributed by atoms with Gasteiger partial charge >= 0.3 is 11.9 Å². The van der Waals surface area contributed by atoms with E-state index in [0.29, 0.717) is 92.6 Å². The number of thiophene rings is 1. The molecule has 0 fully saturated rings. The monoisotopic (exact) mass is 745 g/mol. The Morgan fingerprint density at radius 2 is 1.60 bits per heavy atom. The maximum atomic E-state index is 11.9. The lowest BCUT2D eigenvalue weighted by Gasteiger charge is -2.25. The molecule has 53 heavy (non-hydrogen) atoms. The summed E-state index contributed by atoms with van der Waals surface area (Å²) in [6.07, 6.45) is 1.84. The fourth-order valence-corrected chi connectivity index (χ4v) is 5.85. The van der Waals surface area contributed by atoms with Crippen molar-refractivity contribution in [2.24, 2.45) is 16.1 Å². The van der Waals surface area contributed by atoms with Crippen molar-refractivity contribution in [1.82, 2.24) is 0 Å². The molecule has 0 N–H and O–H groups in total. The van der Waals surface area contributed by atoms with Crippen LogP contribution in [0, 0.1) is 37.7 Å². The first kappa shape index (κ1) is 42.5. The third-order valence-corrected chi connectivity index (χ3v) is 8.90. The molecule has 0 amide bonds. The molecule has 14 heteroatoms. The second kappa shape index (κ2) is 24.3. The fourth-order valence-electron chi connectivity index (χ4n) is 4.99. The number of methoxy groups -OCH3 is 1. The van der Waals surface area contributed by atoms with E-state index < -0.39 is 17.9 Å². The van der Waals surface area contributed by atoms with Gasteiger partial charge in [-0.3, -0.25) is 9.59 Å². The summed E-state index contributed by atoms with van der Waals surface area (Å²) in [6, 6.07) is 18.3. The van der Waals surface area contributed by atoms with Gasteiger partial charge in [-0.05, 0) is 55.2 Å². The number of nitriles is 1. The fraction of sp³-hybridized carbons (Fsp3) is 0.436. The minimum absolute atomic E-state index is 0.0687. The van der Waals surface area contributed by atoms with Crippen LogP contribution < -0.4 is 4.90 Å². The van der Waals surface area contributed by atoms with Gasteiger partial charge in [-0.15, -0.1) is 17.9 Å². The van der Waals surface area contributed by atoms with E-state index in [1.807, 2.05) is 37.3 Å².